The topological polar surface area (TPSA) is 49.4 Å². The Morgan fingerprint density at radius 2 is 1.81 bits per heavy atom. The van der Waals surface area contributed by atoms with Gasteiger partial charge < -0.3 is 5.32 Å². The number of carbonyl (C=O) groups excluding carboxylic acids is 2. The molecule has 0 saturated heterocycles. The molecule has 0 saturated carbocycles. The van der Waals surface area contributed by atoms with Crippen LogP contribution >= 0.6 is 0 Å². The van der Waals surface area contributed by atoms with Crippen LogP contribution in [0.25, 0.3) is 10.8 Å². The van der Waals surface area contributed by atoms with Crippen molar-refractivity contribution in [2.75, 3.05) is 11.4 Å². The summed E-state index contributed by atoms with van der Waals surface area (Å²) in [7, 11) is 0. The third-order valence-electron chi connectivity index (χ3n) is 5.23. The maximum Gasteiger partial charge on any atom is 0.259 e. The van der Waals surface area contributed by atoms with Crippen LogP contribution in [0.1, 0.15) is 40.0 Å². The normalized spacial score (nSPS) is 13.9. The fourth-order valence-corrected chi connectivity index (χ4v) is 3.87. The van der Waals surface area contributed by atoms with Crippen LogP contribution in [0.5, 0.6) is 0 Å². The first kappa shape index (κ1) is 17.3. The fraction of sp³-hybridized carbons (Fsp3) is 0.217. The van der Waals surface area contributed by atoms with Gasteiger partial charge in [0.1, 0.15) is 6.54 Å². The first-order valence-corrected chi connectivity index (χ1v) is 9.16. The zero-order valence-electron chi connectivity index (χ0n) is 15.7. The van der Waals surface area contributed by atoms with Crippen molar-refractivity contribution in [2.45, 2.75) is 26.8 Å². The van der Waals surface area contributed by atoms with Gasteiger partial charge in [-0.05, 0) is 49.4 Å². The lowest BCUT2D eigenvalue weighted by Crippen LogP contribution is -2.40. The van der Waals surface area contributed by atoms with Crippen molar-refractivity contribution in [3.63, 3.8) is 0 Å². The van der Waals surface area contributed by atoms with Crippen molar-refractivity contribution in [1.29, 1.82) is 0 Å². The lowest BCUT2D eigenvalue weighted by atomic mass is 10.00. The average Bonchev–Trinajstić information content (AvgIpc) is 2.92. The van der Waals surface area contributed by atoms with E-state index in [-0.39, 0.29) is 24.4 Å². The molecular formula is C23H22N2O2. The van der Waals surface area contributed by atoms with Crippen molar-refractivity contribution in [3.05, 3.63) is 76.9 Å². The molecule has 1 N–H and O–H groups in total. The van der Waals surface area contributed by atoms with Crippen LogP contribution in [0.15, 0.2) is 54.6 Å². The first-order valence-electron chi connectivity index (χ1n) is 9.16. The van der Waals surface area contributed by atoms with Gasteiger partial charge in [-0.15, -0.1) is 0 Å². The third kappa shape index (κ3) is 2.97. The van der Waals surface area contributed by atoms with E-state index in [1.54, 1.807) is 4.90 Å². The van der Waals surface area contributed by atoms with Gasteiger partial charge in [0.2, 0.25) is 5.91 Å². The van der Waals surface area contributed by atoms with Crippen LogP contribution < -0.4 is 10.2 Å². The summed E-state index contributed by atoms with van der Waals surface area (Å²) in [6.07, 6.45) is 0. The summed E-state index contributed by atoms with van der Waals surface area (Å²) in [6.45, 7) is 6.07. The van der Waals surface area contributed by atoms with E-state index in [2.05, 4.69) is 23.5 Å². The van der Waals surface area contributed by atoms with Gasteiger partial charge in [-0.2, -0.15) is 0 Å². The third-order valence-corrected chi connectivity index (χ3v) is 5.23. The standard InChI is InChI=1S/C23H22N2O2/c1-14-10-11-15(2)19(12-14)16(3)24-21(26)13-25-20-9-5-7-17-6-4-8-18(22(17)20)23(25)27/h4-12,16H,13H2,1-3H3,(H,24,26). The highest BCUT2D eigenvalue weighted by Gasteiger charge is 2.31. The number of amides is 2. The van der Waals surface area contributed by atoms with E-state index in [1.165, 1.54) is 0 Å². The highest BCUT2D eigenvalue weighted by atomic mass is 16.2. The summed E-state index contributed by atoms with van der Waals surface area (Å²) < 4.78 is 0. The molecule has 1 aliphatic heterocycles. The molecule has 1 unspecified atom stereocenters. The molecule has 1 atom stereocenters. The second-order valence-electron chi connectivity index (χ2n) is 7.22. The highest BCUT2D eigenvalue weighted by Crippen LogP contribution is 2.36. The smallest absolute Gasteiger partial charge is 0.259 e. The van der Waals surface area contributed by atoms with Crippen molar-refractivity contribution in [3.8, 4) is 0 Å². The molecule has 0 aliphatic carbocycles. The summed E-state index contributed by atoms with van der Waals surface area (Å²) in [5, 5.41) is 4.99. The highest BCUT2D eigenvalue weighted by molar-refractivity contribution is 6.26. The van der Waals surface area contributed by atoms with Gasteiger partial charge in [0, 0.05) is 10.9 Å². The minimum absolute atomic E-state index is 0.0157. The van der Waals surface area contributed by atoms with Crippen LogP contribution in [-0.4, -0.2) is 18.4 Å². The minimum Gasteiger partial charge on any atom is -0.348 e. The zero-order valence-corrected chi connectivity index (χ0v) is 15.7. The number of rotatable bonds is 4. The van der Waals surface area contributed by atoms with Gasteiger partial charge in [0.25, 0.3) is 5.91 Å². The number of nitrogens with one attached hydrogen (secondary N) is 1. The second kappa shape index (κ2) is 6.54. The molecule has 3 aromatic carbocycles. The maximum atomic E-state index is 12.8. The predicted molar refractivity (Wildman–Crippen MR) is 108 cm³/mol. The average molecular weight is 358 g/mol. The van der Waals surface area contributed by atoms with Crippen LogP contribution in [-0.2, 0) is 4.79 Å². The Kier molecular flexibility index (Phi) is 4.19. The molecule has 4 heteroatoms. The molecule has 27 heavy (non-hydrogen) atoms. The van der Waals surface area contributed by atoms with Gasteiger partial charge in [0.05, 0.1) is 11.7 Å². The van der Waals surface area contributed by atoms with Crippen LogP contribution in [0.3, 0.4) is 0 Å². The Morgan fingerprint density at radius 3 is 2.59 bits per heavy atom. The Balaban J connectivity index is 1.55. The largest absolute Gasteiger partial charge is 0.348 e. The van der Waals surface area contributed by atoms with E-state index in [4.69, 9.17) is 0 Å². The number of benzene rings is 3. The Hall–Kier alpha value is -3.14. The number of carbonyl (C=O) groups is 2. The maximum absolute atomic E-state index is 12.8. The SMILES string of the molecule is Cc1ccc(C)c(C(C)NC(=O)CN2C(=O)c3cccc4cccc2c34)c1. The van der Waals surface area contributed by atoms with Gasteiger partial charge in [-0.3, -0.25) is 14.5 Å². The first-order chi connectivity index (χ1) is 13.0. The summed E-state index contributed by atoms with van der Waals surface area (Å²) in [5.74, 6) is -0.280. The Bertz CT molecular complexity index is 1070. The summed E-state index contributed by atoms with van der Waals surface area (Å²) in [6, 6.07) is 17.6. The van der Waals surface area contributed by atoms with Gasteiger partial charge in [0.15, 0.2) is 0 Å². The molecule has 2 amide bonds. The lowest BCUT2D eigenvalue weighted by Gasteiger charge is -2.21. The number of aryl methyl sites for hydroxylation is 2. The van der Waals surface area contributed by atoms with Crippen LogP contribution in [0, 0.1) is 13.8 Å². The molecule has 0 spiro atoms. The Morgan fingerprint density at radius 1 is 1.07 bits per heavy atom. The lowest BCUT2D eigenvalue weighted by molar-refractivity contribution is -0.120. The molecule has 1 aliphatic rings. The van der Waals surface area contributed by atoms with Crippen molar-refractivity contribution in [1.82, 2.24) is 5.32 Å². The number of hydrogen-bond donors (Lipinski definition) is 1. The zero-order chi connectivity index (χ0) is 19.1. The monoisotopic (exact) mass is 358 g/mol. The van der Waals surface area contributed by atoms with E-state index >= 15 is 0 Å². The van der Waals surface area contributed by atoms with E-state index in [9.17, 15) is 9.59 Å². The molecule has 1 heterocycles. The molecule has 136 valence electrons. The van der Waals surface area contributed by atoms with E-state index in [0.717, 1.165) is 33.2 Å². The van der Waals surface area contributed by atoms with Gasteiger partial charge in [-0.25, -0.2) is 0 Å². The predicted octanol–water partition coefficient (Wildman–Crippen LogP) is 4.29. The molecule has 0 bridgehead atoms. The van der Waals surface area contributed by atoms with Gasteiger partial charge in [-0.1, -0.05) is 48.0 Å². The fourth-order valence-electron chi connectivity index (χ4n) is 3.87. The van der Waals surface area contributed by atoms with Crippen molar-refractivity contribution < 1.29 is 9.59 Å². The van der Waals surface area contributed by atoms with E-state index < -0.39 is 0 Å². The number of hydrogen-bond acceptors (Lipinski definition) is 2. The van der Waals surface area contributed by atoms with Crippen molar-refractivity contribution >= 4 is 28.3 Å². The molecule has 4 nitrogen and oxygen atoms in total. The summed E-state index contributed by atoms with van der Waals surface area (Å²) in [4.78, 5) is 27.1. The van der Waals surface area contributed by atoms with E-state index in [0.29, 0.717) is 5.56 Å². The number of anilines is 1. The quantitative estimate of drug-likeness (QED) is 0.756. The molecule has 0 fully saturated rings. The number of nitrogens with zero attached hydrogens (tertiary/aromatic N) is 1. The van der Waals surface area contributed by atoms with Crippen LogP contribution in [0.2, 0.25) is 0 Å². The van der Waals surface area contributed by atoms with E-state index in [1.807, 2.05) is 57.2 Å². The van der Waals surface area contributed by atoms with Crippen LogP contribution in [0.4, 0.5) is 5.69 Å². The Labute approximate surface area is 158 Å². The minimum atomic E-state index is -0.165. The molecular weight excluding hydrogens is 336 g/mol. The summed E-state index contributed by atoms with van der Waals surface area (Å²) >= 11 is 0. The molecule has 0 radical (unpaired) electrons. The molecule has 0 aromatic heterocycles. The summed E-state index contributed by atoms with van der Waals surface area (Å²) in [5.41, 5.74) is 4.87. The molecule has 3 aromatic rings. The second-order valence-corrected chi connectivity index (χ2v) is 7.22. The van der Waals surface area contributed by atoms with Gasteiger partial charge >= 0.3 is 0 Å². The molecule has 4 rings (SSSR count). The van der Waals surface area contributed by atoms with Crippen molar-refractivity contribution in [2.24, 2.45) is 0 Å².